The average Bonchev–Trinajstić information content (AvgIpc) is 2.65. The highest BCUT2D eigenvalue weighted by Gasteiger charge is 2.17. The fourth-order valence-corrected chi connectivity index (χ4v) is 3.17. The number of nitrogens with zero attached hydrogens (tertiary/aromatic N) is 1. The van der Waals surface area contributed by atoms with Crippen molar-refractivity contribution in [1.29, 1.82) is 0 Å². The summed E-state index contributed by atoms with van der Waals surface area (Å²) >= 11 is 0. The van der Waals surface area contributed by atoms with E-state index in [0.717, 1.165) is 12.8 Å². The molecule has 1 saturated heterocycles. The Kier molecular flexibility index (Phi) is 5.47. The molecule has 20 heavy (non-hydrogen) atoms. The van der Waals surface area contributed by atoms with E-state index in [4.69, 9.17) is 5.73 Å². The molecule has 0 aliphatic carbocycles. The molecule has 0 amide bonds. The minimum absolute atomic E-state index is 0.289. The van der Waals surface area contributed by atoms with Crippen molar-refractivity contribution < 1.29 is 0 Å². The molecule has 1 aromatic carbocycles. The third-order valence-electron chi connectivity index (χ3n) is 4.72. The van der Waals surface area contributed by atoms with Gasteiger partial charge in [-0.15, -0.1) is 0 Å². The van der Waals surface area contributed by atoms with Crippen LogP contribution in [0.2, 0.25) is 0 Å². The number of nitrogens with two attached hydrogens (primary N) is 1. The second-order valence-electron chi connectivity index (χ2n) is 6.37. The van der Waals surface area contributed by atoms with Gasteiger partial charge in [0.1, 0.15) is 0 Å². The largest absolute Gasteiger partial charge is 0.369 e. The van der Waals surface area contributed by atoms with Crippen LogP contribution in [0.5, 0.6) is 0 Å². The molecule has 1 aliphatic heterocycles. The molecule has 2 unspecified atom stereocenters. The van der Waals surface area contributed by atoms with E-state index in [1.54, 1.807) is 0 Å². The van der Waals surface area contributed by atoms with Crippen molar-refractivity contribution in [3.8, 4) is 0 Å². The van der Waals surface area contributed by atoms with E-state index in [1.807, 2.05) is 0 Å². The van der Waals surface area contributed by atoms with Gasteiger partial charge in [-0.1, -0.05) is 25.8 Å². The van der Waals surface area contributed by atoms with Crippen molar-refractivity contribution in [2.45, 2.75) is 71.4 Å². The summed E-state index contributed by atoms with van der Waals surface area (Å²) in [6, 6.07) is 7.90. The Labute approximate surface area is 124 Å². The second-order valence-corrected chi connectivity index (χ2v) is 6.37. The summed E-state index contributed by atoms with van der Waals surface area (Å²) in [6.07, 6.45) is 7.44. The maximum Gasteiger partial charge on any atom is 0.0371 e. The van der Waals surface area contributed by atoms with Gasteiger partial charge in [0.15, 0.2) is 0 Å². The van der Waals surface area contributed by atoms with Gasteiger partial charge in [0.2, 0.25) is 0 Å². The van der Waals surface area contributed by atoms with E-state index in [9.17, 15) is 0 Å². The minimum atomic E-state index is 0.289. The van der Waals surface area contributed by atoms with Crippen LogP contribution in [0.4, 0.5) is 5.69 Å². The predicted molar refractivity (Wildman–Crippen MR) is 88.4 cm³/mol. The lowest BCUT2D eigenvalue weighted by Crippen LogP contribution is -2.32. The van der Waals surface area contributed by atoms with Crippen molar-refractivity contribution in [3.63, 3.8) is 0 Å². The molecule has 0 bridgehead atoms. The van der Waals surface area contributed by atoms with Crippen LogP contribution in [-0.2, 0) is 6.42 Å². The van der Waals surface area contributed by atoms with Gasteiger partial charge < -0.3 is 10.6 Å². The number of anilines is 1. The first kappa shape index (κ1) is 15.4. The molecule has 1 fully saturated rings. The molecule has 112 valence electrons. The Morgan fingerprint density at radius 2 is 2.10 bits per heavy atom. The first-order chi connectivity index (χ1) is 9.61. The van der Waals surface area contributed by atoms with Crippen LogP contribution in [0, 0.1) is 6.92 Å². The molecule has 0 aromatic heterocycles. The zero-order valence-electron chi connectivity index (χ0n) is 13.4. The Morgan fingerprint density at radius 1 is 1.30 bits per heavy atom. The van der Waals surface area contributed by atoms with Crippen LogP contribution in [-0.4, -0.2) is 18.6 Å². The van der Waals surface area contributed by atoms with Gasteiger partial charge in [0, 0.05) is 24.3 Å². The smallest absolute Gasteiger partial charge is 0.0371 e. The van der Waals surface area contributed by atoms with Crippen LogP contribution in [0.25, 0.3) is 0 Å². The fourth-order valence-electron chi connectivity index (χ4n) is 3.17. The van der Waals surface area contributed by atoms with Crippen molar-refractivity contribution in [1.82, 2.24) is 0 Å². The Hall–Kier alpha value is -1.02. The molecular formula is C18H30N2. The lowest BCUT2D eigenvalue weighted by atomic mass is 9.99. The quantitative estimate of drug-likeness (QED) is 0.897. The number of hydrogen-bond acceptors (Lipinski definition) is 2. The molecule has 1 aromatic rings. The maximum atomic E-state index is 6.09. The van der Waals surface area contributed by atoms with Gasteiger partial charge in [0.05, 0.1) is 0 Å². The third-order valence-corrected chi connectivity index (χ3v) is 4.72. The summed E-state index contributed by atoms with van der Waals surface area (Å²) < 4.78 is 0. The molecule has 2 N–H and O–H groups in total. The van der Waals surface area contributed by atoms with Crippen LogP contribution in [0.1, 0.15) is 57.1 Å². The summed E-state index contributed by atoms with van der Waals surface area (Å²) in [7, 11) is 0. The second kappa shape index (κ2) is 7.12. The number of aryl methyl sites for hydroxylation is 1. The van der Waals surface area contributed by atoms with E-state index in [0.29, 0.717) is 6.04 Å². The molecule has 0 radical (unpaired) electrons. The maximum absolute atomic E-state index is 6.09. The van der Waals surface area contributed by atoms with Gasteiger partial charge >= 0.3 is 0 Å². The Balaban J connectivity index is 2.15. The first-order valence-corrected chi connectivity index (χ1v) is 8.23. The average molecular weight is 274 g/mol. The van der Waals surface area contributed by atoms with Gasteiger partial charge in [-0.2, -0.15) is 0 Å². The van der Waals surface area contributed by atoms with Crippen molar-refractivity contribution in [2.75, 3.05) is 11.4 Å². The third kappa shape index (κ3) is 3.76. The highest BCUT2D eigenvalue weighted by atomic mass is 15.2. The number of benzene rings is 1. The zero-order valence-corrected chi connectivity index (χ0v) is 13.4. The van der Waals surface area contributed by atoms with Crippen molar-refractivity contribution in [2.24, 2.45) is 5.73 Å². The van der Waals surface area contributed by atoms with Crippen LogP contribution in [0.3, 0.4) is 0 Å². The highest BCUT2D eigenvalue weighted by molar-refractivity contribution is 5.51. The highest BCUT2D eigenvalue weighted by Crippen LogP contribution is 2.26. The van der Waals surface area contributed by atoms with Crippen LogP contribution >= 0.6 is 0 Å². The van der Waals surface area contributed by atoms with Crippen LogP contribution < -0.4 is 10.6 Å². The number of rotatable bonds is 4. The lowest BCUT2D eigenvalue weighted by Gasteiger charge is -2.30. The van der Waals surface area contributed by atoms with E-state index >= 15 is 0 Å². The molecule has 1 aliphatic rings. The fraction of sp³-hybridized carbons (Fsp3) is 0.667. The molecule has 0 saturated carbocycles. The van der Waals surface area contributed by atoms with Gasteiger partial charge in [-0.25, -0.2) is 0 Å². The first-order valence-electron chi connectivity index (χ1n) is 8.23. The lowest BCUT2D eigenvalue weighted by molar-refractivity contribution is 0.615. The van der Waals surface area contributed by atoms with Gasteiger partial charge in [-0.3, -0.25) is 0 Å². The summed E-state index contributed by atoms with van der Waals surface area (Å²) in [5, 5.41) is 0. The molecule has 2 nitrogen and oxygen atoms in total. The minimum Gasteiger partial charge on any atom is -0.369 e. The van der Waals surface area contributed by atoms with E-state index < -0.39 is 0 Å². The SMILES string of the molecule is CCC(N)Cc1ccc(N2CCCCCC2C)cc1C. The van der Waals surface area contributed by atoms with Gasteiger partial charge in [-0.05, 0) is 62.8 Å². The van der Waals surface area contributed by atoms with E-state index in [-0.39, 0.29) is 6.04 Å². The molecule has 2 heteroatoms. The molecule has 2 rings (SSSR count). The summed E-state index contributed by atoms with van der Waals surface area (Å²) in [4.78, 5) is 2.59. The van der Waals surface area contributed by atoms with E-state index in [2.05, 4.69) is 43.9 Å². The van der Waals surface area contributed by atoms with Crippen molar-refractivity contribution >= 4 is 5.69 Å². The Morgan fingerprint density at radius 3 is 2.80 bits per heavy atom. The zero-order chi connectivity index (χ0) is 14.5. The predicted octanol–water partition coefficient (Wildman–Crippen LogP) is 4.04. The standard InChI is InChI=1S/C18H30N2/c1-4-17(19)13-16-9-10-18(12-14(16)2)20-11-7-5-6-8-15(20)3/h9-10,12,15,17H,4-8,11,13,19H2,1-3H3. The molecule has 1 heterocycles. The number of hydrogen-bond donors (Lipinski definition) is 1. The van der Waals surface area contributed by atoms with Crippen LogP contribution in [0.15, 0.2) is 18.2 Å². The molecule has 2 atom stereocenters. The van der Waals surface area contributed by atoms with Crippen molar-refractivity contribution in [3.05, 3.63) is 29.3 Å². The molecular weight excluding hydrogens is 244 g/mol. The Bertz CT molecular complexity index is 427. The summed E-state index contributed by atoms with van der Waals surface area (Å²) in [5.74, 6) is 0. The monoisotopic (exact) mass is 274 g/mol. The van der Waals surface area contributed by atoms with E-state index in [1.165, 1.54) is 49.0 Å². The topological polar surface area (TPSA) is 29.3 Å². The summed E-state index contributed by atoms with van der Waals surface area (Å²) in [6.45, 7) is 7.95. The van der Waals surface area contributed by atoms with Gasteiger partial charge in [0.25, 0.3) is 0 Å². The normalized spacial score (nSPS) is 21.6. The summed E-state index contributed by atoms with van der Waals surface area (Å²) in [5.41, 5.74) is 10.3. The molecule has 0 spiro atoms.